The molecule has 1 atom stereocenters. The topological polar surface area (TPSA) is 9.37 Å². The third kappa shape index (κ3) is 4.90. The molecule has 1 unspecified atom stereocenters. The van der Waals surface area contributed by atoms with Crippen molar-refractivity contribution in [3.8, 4) is 0 Å². The molecule has 28 heavy (non-hydrogen) atoms. The van der Waals surface area contributed by atoms with Crippen LogP contribution in [0, 0.1) is 5.82 Å². The van der Waals surface area contributed by atoms with Gasteiger partial charge in [-0.1, -0.05) is 48.9 Å². The zero-order valence-corrected chi connectivity index (χ0v) is 16.5. The molecular weight excluding hydrogens is 347 g/mol. The van der Waals surface area contributed by atoms with E-state index in [0.29, 0.717) is 0 Å². The molecule has 0 bridgehead atoms. The van der Waals surface area contributed by atoms with E-state index in [1.807, 2.05) is 12.1 Å². The molecule has 1 fully saturated rings. The third-order valence-electron chi connectivity index (χ3n) is 6.05. The number of nitrogens with one attached hydrogen (secondary N) is 1. The van der Waals surface area contributed by atoms with Gasteiger partial charge in [0.2, 0.25) is 0 Å². The summed E-state index contributed by atoms with van der Waals surface area (Å²) in [5.41, 5.74) is 3.92. The Morgan fingerprint density at radius 2 is 1.54 bits per heavy atom. The Morgan fingerprint density at radius 3 is 2.29 bits per heavy atom. The van der Waals surface area contributed by atoms with Gasteiger partial charge in [-0.15, -0.1) is 0 Å². The van der Waals surface area contributed by atoms with Gasteiger partial charge in [-0.25, -0.2) is 4.39 Å². The number of benzene rings is 2. The normalized spacial score (nSPS) is 16.2. The molecule has 0 radical (unpaired) electrons. The van der Waals surface area contributed by atoms with Crippen molar-refractivity contribution >= 4 is 0 Å². The maximum atomic E-state index is 13.2. The van der Waals surface area contributed by atoms with Crippen LogP contribution in [0.5, 0.6) is 0 Å². The minimum Gasteiger partial charge on any atom is -0.342 e. The van der Waals surface area contributed by atoms with Crippen molar-refractivity contribution in [2.45, 2.75) is 57.8 Å². The first-order valence-corrected chi connectivity index (χ1v) is 10.5. The van der Waals surface area contributed by atoms with Crippen LogP contribution < -0.4 is 4.90 Å². The molecule has 1 aliphatic carbocycles. The van der Waals surface area contributed by atoms with Crippen molar-refractivity contribution < 1.29 is 9.29 Å². The molecule has 4 rings (SSSR count). The van der Waals surface area contributed by atoms with E-state index >= 15 is 0 Å². The first-order valence-electron chi connectivity index (χ1n) is 10.5. The highest BCUT2D eigenvalue weighted by Gasteiger charge is 2.25. The molecule has 1 N–H and O–H groups in total. The van der Waals surface area contributed by atoms with E-state index in [0.717, 1.165) is 31.2 Å². The Bertz CT molecular complexity index is 848. The number of rotatable bonds is 7. The standard InChI is InChI=1S/C25H29FN2/c26-23-15-13-22(14-16-23)18-27-17-7-12-25(27)20-28(24-10-5-2-6-11-24)19-21-8-3-1-4-9-21/h1,3-4,7-9,12-17,24H,2,5-6,10-11,18-20H2/p+1. The minimum atomic E-state index is -0.174. The fourth-order valence-electron chi connectivity index (χ4n) is 4.50. The number of halogens is 1. The highest BCUT2D eigenvalue weighted by molar-refractivity contribution is 5.18. The van der Waals surface area contributed by atoms with Crippen molar-refractivity contribution in [1.82, 2.24) is 4.57 Å². The van der Waals surface area contributed by atoms with Gasteiger partial charge < -0.3 is 9.47 Å². The Morgan fingerprint density at radius 1 is 0.786 bits per heavy atom. The monoisotopic (exact) mass is 377 g/mol. The van der Waals surface area contributed by atoms with Gasteiger partial charge in [-0.2, -0.15) is 0 Å². The summed E-state index contributed by atoms with van der Waals surface area (Å²) in [4.78, 5) is 1.67. The highest BCUT2D eigenvalue weighted by atomic mass is 19.1. The molecule has 146 valence electrons. The van der Waals surface area contributed by atoms with Crippen molar-refractivity contribution in [3.05, 3.63) is 95.6 Å². The predicted molar refractivity (Wildman–Crippen MR) is 112 cm³/mol. The summed E-state index contributed by atoms with van der Waals surface area (Å²) in [6.45, 7) is 2.91. The third-order valence-corrected chi connectivity index (χ3v) is 6.05. The number of quaternary nitrogens is 1. The summed E-state index contributed by atoms with van der Waals surface area (Å²) in [6, 6.07) is 22.9. The van der Waals surface area contributed by atoms with E-state index < -0.39 is 0 Å². The summed E-state index contributed by atoms with van der Waals surface area (Å²) < 4.78 is 15.5. The van der Waals surface area contributed by atoms with Gasteiger partial charge in [0.05, 0.1) is 11.7 Å². The molecule has 2 nitrogen and oxygen atoms in total. The van der Waals surface area contributed by atoms with Crippen LogP contribution in [0.3, 0.4) is 0 Å². The molecule has 3 aromatic rings. The second-order valence-corrected chi connectivity index (χ2v) is 8.09. The first-order chi connectivity index (χ1) is 13.8. The second-order valence-electron chi connectivity index (χ2n) is 8.09. The van der Waals surface area contributed by atoms with Gasteiger partial charge in [0.25, 0.3) is 0 Å². The Hall–Kier alpha value is -2.39. The molecule has 0 saturated heterocycles. The van der Waals surface area contributed by atoms with E-state index in [9.17, 15) is 4.39 Å². The lowest BCUT2D eigenvalue weighted by Gasteiger charge is -2.32. The van der Waals surface area contributed by atoms with Crippen LogP contribution in [-0.4, -0.2) is 10.6 Å². The Kier molecular flexibility index (Phi) is 6.23. The maximum absolute atomic E-state index is 13.2. The molecular formula is C25H30FN2+. The van der Waals surface area contributed by atoms with Crippen molar-refractivity contribution in [1.29, 1.82) is 0 Å². The zero-order chi connectivity index (χ0) is 19.2. The smallest absolute Gasteiger partial charge is 0.123 e. The largest absolute Gasteiger partial charge is 0.342 e. The fraction of sp³-hybridized carbons (Fsp3) is 0.360. The second kappa shape index (κ2) is 9.20. The van der Waals surface area contributed by atoms with Crippen molar-refractivity contribution in [2.75, 3.05) is 0 Å². The molecule has 1 saturated carbocycles. The van der Waals surface area contributed by atoms with E-state index in [1.165, 1.54) is 43.4 Å². The van der Waals surface area contributed by atoms with Gasteiger partial charge in [0.1, 0.15) is 18.9 Å². The molecule has 1 aromatic heterocycles. The average Bonchev–Trinajstić information content (AvgIpc) is 3.17. The fourth-order valence-corrected chi connectivity index (χ4v) is 4.50. The molecule has 0 amide bonds. The number of hydrogen-bond donors (Lipinski definition) is 1. The number of nitrogens with zero attached hydrogens (tertiary/aromatic N) is 1. The van der Waals surface area contributed by atoms with E-state index in [4.69, 9.17) is 0 Å². The minimum absolute atomic E-state index is 0.174. The van der Waals surface area contributed by atoms with Gasteiger partial charge in [-0.3, -0.25) is 0 Å². The molecule has 0 spiro atoms. The van der Waals surface area contributed by atoms with Gasteiger partial charge >= 0.3 is 0 Å². The van der Waals surface area contributed by atoms with E-state index in [-0.39, 0.29) is 5.82 Å². The summed E-state index contributed by atoms with van der Waals surface area (Å²) in [6.07, 6.45) is 8.93. The van der Waals surface area contributed by atoms with Crippen LogP contribution in [0.25, 0.3) is 0 Å². The molecule has 1 heterocycles. The van der Waals surface area contributed by atoms with Crippen molar-refractivity contribution in [2.24, 2.45) is 0 Å². The summed E-state index contributed by atoms with van der Waals surface area (Å²) in [5, 5.41) is 0. The molecule has 2 aromatic carbocycles. The summed E-state index contributed by atoms with van der Waals surface area (Å²) >= 11 is 0. The van der Waals surface area contributed by atoms with Crippen molar-refractivity contribution in [3.63, 3.8) is 0 Å². The summed E-state index contributed by atoms with van der Waals surface area (Å²) in [5.74, 6) is -0.174. The van der Waals surface area contributed by atoms with Gasteiger partial charge in [0.15, 0.2) is 0 Å². The first kappa shape index (κ1) is 18.9. The lowest BCUT2D eigenvalue weighted by molar-refractivity contribution is -0.953. The maximum Gasteiger partial charge on any atom is 0.123 e. The quantitative estimate of drug-likeness (QED) is 0.617. The lowest BCUT2D eigenvalue weighted by Crippen LogP contribution is -3.13. The highest BCUT2D eigenvalue weighted by Crippen LogP contribution is 2.17. The van der Waals surface area contributed by atoms with Crippen LogP contribution in [0.4, 0.5) is 4.39 Å². The number of hydrogen-bond acceptors (Lipinski definition) is 0. The lowest BCUT2D eigenvalue weighted by atomic mass is 9.93. The van der Waals surface area contributed by atoms with E-state index in [2.05, 4.69) is 53.2 Å². The predicted octanol–water partition coefficient (Wildman–Crippen LogP) is 4.59. The van der Waals surface area contributed by atoms with Gasteiger partial charge in [0, 0.05) is 18.3 Å². The average molecular weight is 378 g/mol. The zero-order valence-electron chi connectivity index (χ0n) is 16.5. The molecule has 1 aliphatic rings. The van der Waals surface area contributed by atoms with Gasteiger partial charge in [-0.05, 0) is 55.5 Å². The molecule has 0 aliphatic heterocycles. The van der Waals surface area contributed by atoms with Crippen LogP contribution in [0.2, 0.25) is 0 Å². The van der Waals surface area contributed by atoms with Crippen LogP contribution >= 0.6 is 0 Å². The Balaban J connectivity index is 1.51. The van der Waals surface area contributed by atoms with E-state index in [1.54, 1.807) is 17.0 Å². The Labute approximate surface area is 167 Å². The van der Waals surface area contributed by atoms with Crippen LogP contribution in [0.1, 0.15) is 48.9 Å². The summed E-state index contributed by atoms with van der Waals surface area (Å²) in [7, 11) is 0. The molecule has 3 heteroatoms. The van der Waals surface area contributed by atoms with Crippen LogP contribution in [0.15, 0.2) is 72.9 Å². The number of aromatic nitrogens is 1. The SMILES string of the molecule is Fc1ccc(Cn2cccc2C[NH+](Cc2ccccc2)C2CCCCC2)cc1. The van der Waals surface area contributed by atoms with Crippen LogP contribution in [-0.2, 0) is 19.6 Å².